The molecule has 0 N–H and O–H groups in total. The molecule has 34 heavy (non-hydrogen) atoms. The predicted molar refractivity (Wildman–Crippen MR) is 136 cm³/mol. The third-order valence-electron chi connectivity index (χ3n) is 6.44. The van der Waals surface area contributed by atoms with Crippen LogP contribution in [0.5, 0.6) is 5.75 Å². The number of halogens is 1. The van der Waals surface area contributed by atoms with Gasteiger partial charge in [0, 0.05) is 62.9 Å². The number of aromatic nitrogens is 1. The second kappa shape index (κ2) is 9.87. The number of amides is 1. The first-order valence-electron chi connectivity index (χ1n) is 11.4. The van der Waals surface area contributed by atoms with E-state index in [4.69, 9.17) is 16.3 Å². The standard InChI is InChI=1S/C27H27ClN4O2/c1-34-26-17-21(8-9-25(26)32-12-4-6-20-5-2-3-7-24(20)32)27(33)31-15-13-30(14-16-31)19-22-10-11-29-18-23(22)28/h2-11,17-18H,12-16,19H2,1H3. The number of anilines is 2. The number of rotatable bonds is 5. The fourth-order valence-corrected chi connectivity index (χ4v) is 4.76. The Morgan fingerprint density at radius 3 is 2.68 bits per heavy atom. The maximum Gasteiger partial charge on any atom is 0.254 e. The molecule has 0 saturated carbocycles. The molecule has 0 aliphatic carbocycles. The highest BCUT2D eigenvalue weighted by molar-refractivity contribution is 6.31. The van der Waals surface area contributed by atoms with Crippen LogP contribution in [0.3, 0.4) is 0 Å². The minimum atomic E-state index is 0.0328. The Morgan fingerprint density at radius 1 is 1.06 bits per heavy atom. The predicted octanol–water partition coefficient (Wildman–Crippen LogP) is 4.87. The number of carbonyl (C=O) groups excluding carboxylic acids is 1. The van der Waals surface area contributed by atoms with Gasteiger partial charge in [0.15, 0.2) is 0 Å². The number of methoxy groups -OCH3 is 1. The average Bonchev–Trinajstić information content (AvgIpc) is 2.89. The van der Waals surface area contributed by atoms with E-state index in [-0.39, 0.29) is 5.91 Å². The van der Waals surface area contributed by atoms with E-state index in [1.807, 2.05) is 41.3 Å². The van der Waals surface area contributed by atoms with Gasteiger partial charge in [-0.05, 0) is 41.5 Å². The van der Waals surface area contributed by atoms with Crippen molar-refractivity contribution >= 4 is 35.0 Å². The van der Waals surface area contributed by atoms with E-state index in [9.17, 15) is 4.79 Å². The topological polar surface area (TPSA) is 48.9 Å². The molecule has 1 saturated heterocycles. The number of benzene rings is 2. The van der Waals surface area contributed by atoms with Crippen molar-refractivity contribution in [3.8, 4) is 5.75 Å². The molecule has 0 radical (unpaired) electrons. The molecule has 0 atom stereocenters. The smallest absolute Gasteiger partial charge is 0.254 e. The van der Waals surface area contributed by atoms with Gasteiger partial charge < -0.3 is 14.5 Å². The van der Waals surface area contributed by atoms with Crippen LogP contribution in [0.15, 0.2) is 67.0 Å². The van der Waals surface area contributed by atoms with Crippen molar-refractivity contribution in [1.82, 2.24) is 14.8 Å². The van der Waals surface area contributed by atoms with E-state index in [0.717, 1.165) is 43.1 Å². The number of carbonyl (C=O) groups is 1. The van der Waals surface area contributed by atoms with Crippen LogP contribution in [0.1, 0.15) is 21.5 Å². The quantitative estimate of drug-likeness (QED) is 0.528. The zero-order chi connectivity index (χ0) is 23.5. The highest BCUT2D eigenvalue weighted by atomic mass is 35.5. The molecule has 0 unspecified atom stereocenters. The lowest BCUT2D eigenvalue weighted by Gasteiger charge is -2.35. The van der Waals surface area contributed by atoms with Crippen molar-refractivity contribution in [3.05, 3.63) is 88.7 Å². The molecule has 0 bridgehead atoms. The molecule has 1 amide bonds. The number of ether oxygens (including phenoxy) is 1. The van der Waals surface area contributed by atoms with Gasteiger partial charge >= 0.3 is 0 Å². The number of nitrogens with zero attached hydrogens (tertiary/aromatic N) is 4. The summed E-state index contributed by atoms with van der Waals surface area (Å²) in [5.41, 5.74) is 4.96. The van der Waals surface area contributed by atoms with Gasteiger partial charge in [0.2, 0.25) is 0 Å². The Morgan fingerprint density at radius 2 is 1.88 bits per heavy atom. The minimum Gasteiger partial charge on any atom is -0.495 e. The number of pyridine rings is 1. The molecule has 0 spiro atoms. The third kappa shape index (κ3) is 4.52. The van der Waals surface area contributed by atoms with Crippen LogP contribution in [0, 0.1) is 0 Å². The molecule has 5 rings (SSSR count). The molecule has 2 aliphatic rings. The minimum absolute atomic E-state index is 0.0328. The first-order valence-corrected chi connectivity index (χ1v) is 11.8. The molecule has 2 aliphatic heterocycles. The SMILES string of the molecule is COc1cc(C(=O)N2CCN(Cc3ccncc3Cl)CC2)ccc1N1CC=Cc2ccccc21. The van der Waals surface area contributed by atoms with Crippen LogP contribution < -0.4 is 9.64 Å². The molecule has 174 valence electrons. The van der Waals surface area contributed by atoms with Gasteiger partial charge in [0.25, 0.3) is 5.91 Å². The Bertz CT molecular complexity index is 1220. The molecule has 3 aromatic rings. The van der Waals surface area contributed by atoms with Crippen LogP contribution >= 0.6 is 11.6 Å². The fraction of sp³-hybridized carbons (Fsp3) is 0.259. The summed E-state index contributed by atoms with van der Waals surface area (Å²) in [6.45, 7) is 4.47. The van der Waals surface area contributed by atoms with Crippen LogP contribution in [-0.2, 0) is 6.54 Å². The average molecular weight is 475 g/mol. The summed E-state index contributed by atoms with van der Waals surface area (Å²) in [5, 5.41) is 0.681. The van der Waals surface area contributed by atoms with Gasteiger partial charge in [-0.15, -0.1) is 0 Å². The van der Waals surface area contributed by atoms with E-state index in [1.165, 1.54) is 5.56 Å². The van der Waals surface area contributed by atoms with Crippen molar-refractivity contribution in [3.63, 3.8) is 0 Å². The van der Waals surface area contributed by atoms with Crippen LogP contribution in [0.4, 0.5) is 11.4 Å². The van der Waals surface area contributed by atoms with Crippen molar-refractivity contribution in [2.24, 2.45) is 0 Å². The summed E-state index contributed by atoms with van der Waals surface area (Å²) >= 11 is 6.26. The van der Waals surface area contributed by atoms with Crippen molar-refractivity contribution in [2.45, 2.75) is 6.54 Å². The number of para-hydroxylation sites is 1. The van der Waals surface area contributed by atoms with Gasteiger partial charge in [0.05, 0.1) is 17.8 Å². The van der Waals surface area contributed by atoms with Gasteiger partial charge in [-0.3, -0.25) is 14.7 Å². The lowest BCUT2D eigenvalue weighted by Crippen LogP contribution is -2.48. The zero-order valence-electron chi connectivity index (χ0n) is 19.2. The number of piperazine rings is 1. The second-order valence-electron chi connectivity index (χ2n) is 8.49. The third-order valence-corrected chi connectivity index (χ3v) is 6.78. The molecular weight excluding hydrogens is 448 g/mol. The van der Waals surface area contributed by atoms with Crippen LogP contribution in [0.2, 0.25) is 5.02 Å². The van der Waals surface area contributed by atoms with E-state index in [0.29, 0.717) is 29.4 Å². The molecule has 1 fully saturated rings. The van der Waals surface area contributed by atoms with E-state index in [1.54, 1.807) is 19.5 Å². The highest BCUT2D eigenvalue weighted by Gasteiger charge is 2.25. The number of hydrogen-bond acceptors (Lipinski definition) is 5. The highest BCUT2D eigenvalue weighted by Crippen LogP contribution is 2.38. The van der Waals surface area contributed by atoms with Crippen molar-refractivity contribution < 1.29 is 9.53 Å². The number of fused-ring (bicyclic) bond motifs is 1. The Labute approximate surface area is 205 Å². The lowest BCUT2D eigenvalue weighted by atomic mass is 10.1. The van der Waals surface area contributed by atoms with Crippen molar-refractivity contribution in [2.75, 3.05) is 44.7 Å². The molecule has 3 heterocycles. The summed E-state index contributed by atoms with van der Waals surface area (Å²) < 4.78 is 5.72. The second-order valence-corrected chi connectivity index (χ2v) is 8.90. The summed E-state index contributed by atoms with van der Waals surface area (Å²) in [7, 11) is 1.65. The summed E-state index contributed by atoms with van der Waals surface area (Å²) in [6, 6.07) is 16.0. The normalized spacial score (nSPS) is 15.8. The molecule has 2 aromatic carbocycles. The molecule has 1 aromatic heterocycles. The Kier molecular flexibility index (Phi) is 6.52. The van der Waals surface area contributed by atoms with Gasteiger partial charge in [-0.1, -0.05) is 42.0 Å². The maximum absolute atomic E-state index is 13.3. The van der Waals surface area contributed by atoms with Crippen LogP contribution in [-0.4, -0.2) is 60.5 Å². The molecular formula is C27H27ClN4O2. The molecule has 7 heteroatoms. The van der Waals surface area contributed by atoms with Gasteiger partial charge in [0.1, 0.15) is 5.75 Å². The van der Waals surface area contributed by atoms with Gasteiger partial charge in [-0.2, -0.15) is 0 Å². The number of hydrogen-bond donors (Lipinski definition) is 0. The van der Waals surface area contributed by atoms with E-state index in [2.05, 4.69) is 39.1 Å². The van der Waals surface area contributed by atoms with E-state index < -0.39 is 0 Å². The first-order chi connectivity index (χ1) is 16.6. The Balaban J connectivity index is 1.28. The monoisotopic (exact) mass is 474 g/mol. The summed E-state index contributed by atoms with van der Waals surface area (Å²) in [5.74, 6) is 0.729. The molecule has 6 nitrogen and oxygen atoms in total. The first kappa shape index (κ1) is 22.4. The lowest BCUT2D eigenvalue weighted by molar-refractivity contribution is 0.0628. The summed E-state index contributed by atoms with van der Waals surface area (Å²) in [6.07, 6.45) is 7.71. The fourth-order valence-electron chi connectivity index (χ4n) is 4.58. The maximum atomic E-state index is 13.3. The summed E-state index contributed by atoms with van der Waals surface area (Å²) in [4.78, 5) is 23.8. The Hall–Kier alpha value is -3.35. The zero-order valence-corrected chi connectivity index (χ0v) is 19.9. The van der Waals surface area contributed by atoms with Crippen LogP contribution in [0.25, 0.3) is 6.08 Å². The largest absolute Gasteiger partial charge is 0.495 e. The van der Waals surface area contributed by atoms with Crippen molar-refractivity contribution in [1.29, 1.82) is 0 Å². The van der Waals surface area contributed by atoms with Gasteiger partial charge in [-0.25, -0.2) is 0 Å². The van der Waals surface area contributed by atoms with E-state index >= 15 is 0 Å².